The zero-order chi connectivity index (χ0) is 19.2. The molecule has 1 saturated heterocycles. The molecule has 0 amide bonds. The first kappa shape index (κ1) is 19.9. The number of ether oxygens (including phenoxy) is 2. The molecule has 0 bridgehead atoms. The van der Waals surface area contributed by atoms with Crippen LogP contribution in [0.1, 0.15) is 0 Å². The second-order valence-corrected chi connectivity index (χ2v) is 7.26. The Hall–Kier alpha value is -1.86. The first-order valence-corrected chi connectivity index (χ1v) is 9.45. The van der Waals surface area contributed by atoms with E-state index in [1.54, 1.807) is 12.3 Å². The summed E-state index contributed by atoms with van der Waals surface area (Å²) >= 11 is 6.30. The van der Waals surface area contributed by atoms with Crippen molar-refractivity contribution in [3.8, 4) is 16.9 Å². The van der Waals surface area contributed by atoms with Gasteiger partial charge in [-0.1, -0.05) is 11.6 Å². The van der Waals surface area contributed by atoms with Gasteiger partial charge in [-0.25, -0.2) is 4.98 Å². The van der Waals surface area contributed by atoms with Crippen molar-refractivity contribution in [1.29, 1.82) is 0 Å². The molecular formula is C20H26ClN3O3. The van der Waals surface area contributed by atoms with E-state index in [1.807, 2.05) is 43.3 Å². The molecule has 27 heavy (non-hydrogen) atoms. The first-order chi connectivity index (χ1) is 13.0. The van der Waals surface area contributed by atoms with E-state index in [0.717, 1.165) is 30.0 Å². The molecule has 1 N–H and O–H groups in total. The van der Waals surface area contributed by atoms with Gasteiger partial charge in [-0.05, 0) is 35.9 Å². The van der Waals surface area contributed by atoms with Crippen molar-refractivity contribution in [2.75, 3.05) is 58.5 Å². The number of morpholine rings is 1. The van der Waals surface area contributed by atoms with Crippen LogP contribution in [0.5, 0.6) is 5.75 Å². The lowest BCUT2D eigenvalue weighted by atomic mass is 10.1. The molecule has 1 fully saturated rings. The Kier molecular flexibility index (Phi) is 6.90. The van der Waals surface area contributed by atoms with Crippen LogP contribution in [0.3, 0.4) is 0 Å². The molecule has 1 aliphatic rings. The van der Waals surface area contributed by atoms with Gasteiger partial charge in [0.15, 0.2) is 0 Å². The monoisotopic (exact) mass is 391 g/mol. The van der Waals surface area contributed by atoms with E-state index in [2.05, 4.69) is 9.88 Å². The standard InChI is InChI=1S/C20H26ClN3O3/c1-23(2)20-19(4-3-5-22-20)15-10-16(21)12-18(11-15)27-14-17(25)13-24-6-8-26-9-7-24/h3-5,10-12,17,25H,6-9,13-14H2,1-2H3. The average Bonchev–Trinajstić information content (AvgIpc) is 2.67. The summed E-state index contributed by atoms with van der Waals surface area (Å²) < 4.78 is 11.2. The van der Waals surface area contributed by atoms with Crippen LogP contribution in [-0.4, -0.2) is 74.6 Å². The van der Waals surface area contributed by atoms with Crippen molar-refractivity contribution >= 4 is 17.4 Å². The minimum atomic E-state index is -0.568. The molecular weight excluding hydrogens is 366 g/mol. The third-order valence-electron chi connectivity index (χ3n) is 4.41. The highest BCUT2D eigenvalue weighted by Gasteiger charge is 2.16. The minimum Gasteiger partial charge on any atom is -0.491 e. The number of pyridine rings is 1. The Morgan fingerprint density at radius 2 is 2.07 bits per heavy atom. The topological polar surface area (TPSA) is 58.1 Å². The fraction of sp³-hybridized carbons (Fsp3) is 0.450. The van der Waals surface area contributed by atoms with E-state index in [9.17, 15) is 5.11 Å². The normalized spacial score (nSPS) is 16.1. The lowest BCUT2D eigenvalue weighted by Crippen LogP contribution is -2.42. The molecule has 1 aromatic carbocycles. The predicted molar refractivity (Wildman–Crippen MR) is 108 cm³/mol. The van der Waals surface area contributed by atoms with Crippen LogP contribution in [-0.2, 0) is 4.74 Å². The first-order valence-electron chi connectivity index (χ1n) is 9.07. The zero-order valence-electron chi connectivity index (χ0n) is 15.8. The van der Waals surface area contributed by atoms with Gasteiger partial charge in [-0.15, -0.1) is 0 Å². The number of β-amino-alcohol motifs (C(OH)–C–C–N with tert-alkyl or cyclic N) is 1. The number of benzene rings is 1. The molecule has 2 heterocycles. The molecule has 2 aromatic rings. The summed E-state index contributed by atoms with van der Waals surface area (Å²) in [5.74, 6) is 1.49. The van der Waals surface area contributed by atoms with Gasteiger partial charge in [0.1, 0.15) is 24.3 Å². The quantitative estimate of drug-likeness (QED) is 0.782. The Labute approximate surface area is 165 Å². The van der Waals surface area contributed by atoms with Gasteiger partial charge >= 0.3 is 0 Å². The summed E-state index contributed by atoms with van der Waals surface area (Å²) in [6, 6.07) is 9.49. The van der Waals surface area contributed by atoms with Gasteiger partial charge in [-0.2, -0.15) is 0 Å². The second-order valence-electron chi connectivity index (χ2n) is 6.82. The summed E-state index contributed by atoms with van der Waals surface area (Å²) in [7, 11) is 3.91. The van der Waals surface area contributed by atoms with Gasteiger partial charge < -0.3 is 19.5 Å². The van der Waals surface area contributed by atoms with Crippen LogP contribution in [0.2, 0.25) is 5.02 Å². The number of aliphatic hydroxyl groups excluding tert-OH is 1. The summed E-state index contributed by atoms with van der Waals surface area (Å²) in [6.07, 6.45) is 1.20. The van der Waals surface area contributed by atoms with Crippen LogP contribution in [0.15, 0.2) is 36.5 Å². The summed E-state index contributed by atoms with van der Waals surface area (Å²) in [4.78, 5) is 8.58. The van der Waals surface area contributed by atoms with Gasteiger partial charge in [0.2, 0.25) is 0 Å². The van der Waals surface area contributed by atoms with Crippen molar-refractivity contribution < 1.29 is 14.6 Å². The van der Waals surface area contributed by atoms with E-state index >= 15 is 0 Å². The third kappa shape index (κ3) is 5.56. The van der Waals surface area contributed by atoms with Crippen molar-refractivity contribution in [3.63, 3.8) is 0 Å². The molecule has 1 atom stereocenters. The highest BCUT2D eigenvalue weighted by atomic mass is 35.5. The Morgan fingerprint density at radius 3 is 2.81 bits per heavy atom. The molecule has 0 aliphatic carbocycles. The van der Waals surface area contributed by atoms with E-state index < -0.39 is 6.10 Å². The highest BCUT2D eigenvalue weighted by Crippen LogP contribution is 2.33. The second kappa shape index (κ2) is 9.37. The number of hydrogen-bond acceptors (Lipinski definition) is 6. The average molecular weight is 392 g/mol. The molecule has 0 radical (unpaired) electrons. The van der Waals surface area contributed by atoms with Crippen LogP contribution in [0, 0.1) is 0 Å². The zero-order valence-corrected chi connectivity index (χ0v) is 16.5. The molecule has 0 saturated carbocycles. The SMILES string of the molecule is CN(C)c1ncccc1-c1cc(Cl)cc(OCC(O)CN2CCOCC2)c1. The maximum absolute atomic E-state index is 10.3. The number of aliphatic hydroxyl groups is 1. The third-order valence-corrected chi connectivity index (χ3v) is 4.63. The van der Waals surface area contributed by atoms with E-state index in [4.69, 9.17) is 21.1 Å². The van der Waals surface area contributed by atoms with Crippen molar-refractivity contribution in [1.82, 2.24) is 9.88 Å². The highest BCUT2D eigenvalue weighted by molar-refractivity contribution is 6.31. The number of anilines is 1. The Bertz CT molecular complexity index is 751. The lowest BCUT2D eigenvalue weighted by molar-refractivity contribution is 0.00466. The van der Waals surface area contributed by atoms with E-state index in [1.165, 1.54) is 0 Å². The Balaban J connectivity index is 1.68. The number of aromatic nitrogens is 1. The van der Waals surface area contributed by atoms with Crippen molar-refractivity contribution in [2.45, 2.75) is 6.10 Å². The van der Waals surface area contributed by atoms with Crippen molar-refractivity contribution in [2.24, 2.45) is 0 Å². The van der Waals surface area contributed by atoms with Crippen LogP contribution in [0.4, 0.5) is 5.82 Å². The summed E-state index contributed by atoms with van der Waals surface area (Å²) in [5.41, 5.74) is 1.90. The predicted octanol–water partition coefficient (Wildman–Crippen LogP) is 2.54. The molecule has 1 unspecified atom stereocenters. The van der Waals surface area contributed by atoms with Gasteiger partial charge in [-0.3, -0.25) is 4.90 Å². The molecule has 1 aromatic heterocycles. The molecule has 7 heteroatoms. The van der Waals surface area contributed by atoms with Gasteiger partial charge in [0.05, 0.1) is 13.2 Å². The van der Waals surface area contributed by atoms with Crippen LogP contribution >= 0.6 is 11.6 Å². The van der Waals surface area contributed by atoms with Crippen LogP contribution < -0.4 is 9.64 Å². The lowest BCUT2D eigenvalue weighted by Gasteiger charge is -2.28. The Morgan fingerprint density at radius 1 is 1.30 bits per heavy atom. The molecule has 146 valence electrons. The number of rotatable bonds is 7. The number of nitrogens with zero attached hydrogens (tertiary/aromatic N) is 3. The fourth-order valence-electron chi connectivity index (χ4n) is 3.11. The molecule has 6 nitrogen and oxygen atoms in total. The largest absolute Gasteiger partial charge is 0.491 e. The minimum absolute atomic E-state index is 0.213. The summed E-state index contributed by atoms with van der Waals surface area (Å²) in [5, 5.41) is 10.9. The number of halogens is 1. The maximum atomic E-state index is 10.3. The fourth-order valence-corrected chi connectivity index (χ4v) is 3.33. The molecule has 3 rings (SSSR count). The molecule has 0 spiro atoms. The van der Waals surface area contributed by atoms with E-state index in [-0.39, 0.29) is 6.61 Å². The number of hydrogen-bond donors (Lipinski definition) is 1. The van der Waals surface area contributed by atoms with E-state index in [0.29, 0.717) is 30.5 Å². The van der Waals surface area contributed by atoms with Gasteiger partial charge in [0.25, 0.3) is 0 Å². The summed E-state index contributed by atoms with van der Waals surface area (Å²) in [6.45, 7) is 3.89. The maximum Gasteiger partial charge on any atom is 0.135 e. The van der Waals surface area contributed by atoms with Gasteiger partial charge in [0, 0.05) is 50.5 Å². The van der Waals surface area contributed by atoms with Crippen molar-refractivity contribution in [3.05, 3.63) is 41.6 Å². The van der Waals surface area contributed by atoms with Crippen LogP contribution in [0.25, 0.3) is 11.1 Å². The molecule has 1 aliphatic heterocycles. The smallest absolute Gasteiger partial charge is 0.135 e.